The van der Waals surface area contributed by atoms with Gasteiger partial charge in [-0.15, -0.1) is 0 Å². The summed E-state index contributed by atoms with van der Waals surface area (Å²) in [5.74, 6) is 0.267. The van der Waals surface area contributed by atoms with Gasteiger partial charge >= 0.3 is 0 Å². The van der Waals surface area contributed by atoms with E-state index in [9.17, 15) is 13.2 Å². The first-order valence-electron chi connectivity index (χ1n) is 6.37. The Kier molecular flexibility index (Phi) is 3.53. The first kappa shape index (κ1) is 14.2. The zero-order valence-electron chi connectivity index (χ0n) is 11.4. The van der Waals surface area contributed by atoms with E-state index in [1.807, 2.05) is 0 Å². The highest BCUT2D eigenvalue weighted by atomic mass is 32.2. The SMILES string of the molecule is CC(C)(C)NS(=O)(=O)c1ccc(C(=O)C2CC2)cc1. The Labute approximate surface area is 114 Å². The van der Waals surface area contributed by atoms with E-state index in [1.165, 1.54) is 12.1 Å². The standard InChI is InChI=1S/C14H19NO3S/c1-14(2,3)15-19(17,18)12-8-6-11(7-9-12)13(16)10-4-5-10/h6-10,15H,4-5H2,1-3H3. The molecule has 4 nitrogen and oxygen atoms in total. The fraction of sp³-hybridized carbons (Fsp3) is 0.500. The molecule has 0 saturated heterocycles. The normalized spacial score (nSPS) is 16.4. The Hall–Kier alpha value is -1.20. The second-order valence-corrected chi connectivity index (χ2v) is 7.70. The van der Waals surface area contributed by atoms with Crippen LogP contribution in [0.4, 0.5) is 0 Å². The molecule has 0 heterocycles. The first-order chi connectivity index (χ1) is 8.69. The van der Waals surface area contributed by atoms with Gasteiger partial charge in [0.25, 0.3) is 0 Å². The van der Waals surface area contributed by atoms with Crippen molar-refractivity contribution in [1.29, 1.82) is 0 Å². The molecule has 0 amide bonds. The number of carbonyl (C=O) groups is 1. The molecule has 19 heavy (non-hydrogen) atoms. The van der Waals surface area contributed by atoms with Gasteiger partial charge in [-0.05, 0) is 45.7 Å². The molecule has 104 valence electrons. The molecule has 5 heteroatoms. The van der Waals surface area contributed by atoms with Crippen LogP contribution in [0.5, 0.6) is 0 Å². The highest BCUT2D eigenvalue weighted by Crippen LogP contribution is 2.32. The molecule has 1 fully saturated rings. The van der Waals surface area contributed by atoms with Crippen LogP contribution in [0.3, 0.4) is 0 Å². The molecule has 2 rings (SSSR count). The summed E-state index contributed by atoms with van der Waals surface area (Å²) in [5, 5.41) is 0. The van der Waals surface area contributed by atoms with Crippen molar-refractivity contribution < 1.29 is 13.2 Å². The maximum absolute atomic E-state index is 12.1. The third-order valence-corrected chi connectivity index (χ3v) is 4.61. The van der Waals surface area contributed by atoms with Crippen molar-refractivity contribution in [2.45, 2.75) is 44.0 Å². The van der Waals surface area contributed by atoms with Crippen molar-refractivity contribution in [1.82, 2.24) is 4.72 Å². The highest BCUT2D eigenvalue weighted by Gasteiger charge is 2.30. The number of hydrogen-bond acceptors (Lipinski definition) is 3. The van der Waals surface area contributed by atoms with Gasteiger partial charge in [-0.25, -0.2) is 13.1 Å². The molecule has 0 spiro atoms. The largest absolute Gasteiger partial charge is 0.294 e. The van der Waals surface area contributed by atoms with E-state index in [4.69, 9.17) is 0 Å². The average Bonchev–Trinajstić information content (AvgIpc) is 3.09. The Morgan fingerprint density at radius 2 is 1.68 bits per heavy atom. The molecule has 0 aliphatic heterocycles. The van der Waals surface area contributed by atoms with Crippen LogP contribution in [0.1, 0.15) is 44.0 Å². The van der Waals surface area contributed by atoms with E-state index in [-0.39, 0.29) is 16.6 Å². The summed E-state index contributed by atoms with van der Waals surface area (Å²) in [5.41, 5.74) is 0.0682. The minimum atomic E-state index is -3.53. The summed E-state index contributed by atoms with van der Waals surface area (Å²) in [6.07, 6.45) is 1.90. The maximum atomic E-state index is 12.1. The van der Waals surface area contributed by atoms with Gasteiger partial charge in [-0.3, -0.25) is 4.79 Å². The van der Waals surface area contributed by atoms with Gasteiger partial charge in [0.2, 0.25) is 10.0 Å². The molecule has 1 aromatic carbocycles. The van der Waals surface area contributed by atoms with Gasteiger partial charge in [0.1, 0.15) is 0 Å². The molecule has 0 bridgehead atoms. The molecular weight excluding hydrogens is 262 g/mol. The van der Waals surface area contributed by atoms with E-state index in [2.05, 4.69) is 4.72 Å². The Balaban J connectivity index is 2.20. The predicted octanol–water partition coefficient (Wildman–Crippen LogP) is 2.36. The Morgan fingerprint density at radius 3 is 2.11 bits per heavy atom. The quantitative estimate of drug-likeness (QED) is 0.862. The van der Waals surface area contributed by atoms with Gasteiger partial charge in [0.15, 0.2) is 5.78 Å². The van der Waals surface area contributed by atoms with Gasteiger partial charge in [-0.1, -0.05) is 12.1 Å². The van der Waals surface area contributed by atoms with E-state index < -0.39 is 15.6 Å². The number of Topliss-reactive ketones (excluding diaryl/α,β-unsaturated/α-hetero) is 1. The number of rotatable bonds is 4. The molecular formula is C14H19NO3S. The van der Waals surface area contributed by atoms with Crippen molar-refractivity contribution in [2.75, 3.05) is 0 Å². The molecule has 0 radical (unpaired) electrons. The number of nitrogens with one attached hydrogen (secondary N) is 1. The summed E-state index contributed by atoms with van der Waals surface area (Å²) in [6, 6.07) is 6.17. The van der Waals surface area contributed by atoms with Crippen LogP contribution in [0.25, 0.3) is 0 Å². The minimum Gasteiger partial charge on any atom is -0.294 e. The van der Waals surface area contributed by atoms with Crippen LogP contribution in [-0.4, -0.2) is 19.7 Å². The number of sulfonamides is 1. The predicted molar refractivity (Wildman–Crippen MR) is 73.6 cm³/mol. The maximum Gasteiger partial charge on any atom is 0.241 e. The Bertz CT molecular complexity index is 578. The Morgan fingerprint density at radius 1 is 1.16 bits per heavy atom. The lowest BCUT2D eigenvalue weighted by atomic mass is 10.1. The van der Waals surface area contributed by atoms with E-state index in [1.54, 1.807) is 32.9 Å². The minimum absolute atomic E-state index is 0.118. The molecule has 1 N–H and O–H groups in total. The van der Waals surface area contributed by atoms with E-state index >= 15 is 0 Å². The third kappa shape index (κ3) is 3.64. The smallest absolute Gasteiger partial charge is 0.241 e. The summed E-state index contributed by atoms with van der Waals surface area (Å²) in [4.78, 5) is 12.0. The van der Waals surface area contributed by atoms with Crippen LogP contribution < -0.4 is 4.72 Å². The molecule has 1 aromatic rings. The summed E-state index contributed by atoms with van der Waals surface area (Å²) in [7, 11) is -3.53. The second-order valence-electron chi connectivity index (χ2n) is 6.02. The van der Waals surface area contributed by atoms with Crippen molar-refractivity contribution in [3.8, 4) is 0 Å². The number of carbonyl (C=O) groups excluding carboxylic acids is 1. The molecule has 0 atom stereocenters. The monoisotopic (exact) mass is 281 g/mol. The topological polar surface area (TPSA) is 63.2 Å². The third-order valence-electron chi connectivity index (χ3n) is 2.84. The lowest BCUT2D eigenvalue weighted by Crippen LogP contribution is -2.40. The van der Waals surface area contributed by atoms with Crippen LogP contribution >= 0.6 is 0 Å². The van der Waals surface area contributed by atoms with Crippen molar-refractivity contribution in [3.05, 3.63) is 29.8 Å². The summed E-state index contributed by atoms with van der Waals surface area (Å²) >= 11 is 0. The van der Waals surface area contributed by atoms with Crippen LogP contribution in [0.15, 0.2) is 29.2 Å². The zero-order chi connectivity index (χ0) is 14.3. The second kappa shape index (κ2) is 4.72. The van der Waals surface area contributed by atoms with Gasteiger partial charge in [0, 0.05) is 17.0 Å². The van der Waals surface area contributed by atoms with Crippen LogP contribution in [0.2, 0.25) is 0 Å². The molecule has 1 aliphatic rings. The summed E-state index contributed by atoms with van der Waals surface area (Å²) in [6.45, 7) is 5.36. The number of ketones is 1. The average molecular weight is 281 g/mol. The van der Waals surface area contributed by atoms with Crippen molar-refractivity contribution in [3.63, 3.8) is 0 Å². The number of hydrogen-bond donors (Lipinski definition) is 1. The van der Waals surface area contributed by atoms with Crippen LogP contribution in [-0.2, 0) is 10.0 Å². The fourth-order valence-corrected chi connectivity index (χ4v) is 3.26. The van der Waals surface area contributed by atoms with Gasteiger partial charge < -0.3 is 0 Å². The van der Waals surface area contributed by atoms with Crippen molar-refractivity contribution >= 4 is 15.8 Å². The molecule has 0 aromatic heterocycles. The van der Waals surface area contributed by atoms with Crippen molar-refractivity contribution in [2.24, 2.45) is 5.92 Å². The van der Waals surface area contributed by atoms with Crippen LogP contribution in [0, 0.1) is 5.92 Å². The molecule has 0 unspecified atom stereocenters. The summed E-state index contributed by atoms with van der Waals surface area (Å²) < 4.78 is 26.7. The van der Waals surface area contributed by atoms with Gasteiger partial charge in [0.05, 0.1) is 4.90 Å². The molecule has 1 saturated carbocycles. The highest BCUT2D eigenvalue weighted by molar-refractivity contribution is 7.89. The first-order valence-corrected chi connectivity index (χ1v) is 7.86. The lowest BCUT2D eigenvalue weighted by Gasteiger charge is -2.20. The van der Waals surface area contributed by atoms with E-state index in [0.717, 1.165) is 12.8 Å². The fourth-order valence-electron chi connectivity index (χ4n) is 1.84. The number of benzene rings is 1. The van der Waals surface area contributed by atoms with E-state index in [0.29, 0.717) is 5.56 Å². The lowest BCUT2D eigenvalue weighted by molar-refractivity contribution is 0.0967. The zero-order valence-corrected chi connectivity index (χ0v) is 12.3. The molecule has 1 aliphatic carbocycles. The van der Waals surface area contributed by atoms with Gasteiger partial charge in [-0.2, -0.15) is 0 Å².